The number of alkyl halides is 1. The standard InChI is InChI=1S/C12H23BrO/c1-11(2)4-3-5-12(10-13)6-8-14-9-7-12/h11H,3-10H2,1-2H3. The van der Waals surface area contributed by atoms with Crippen LogP contribution < -0.4 is 0 Å². The zero-order valence-corrected chi connectivity index (χ0v) is 11.1. The first-order valence-electron chi connectivity index (χ1n) is 5.82. The summed E-state index contributed by atoms with van der Waals surface area (Å²) in [6, 6.07) is 0. The second kappa shape index (κ2) is 6.12. The van der Waals surface area contributed by atoms with Crippen molar-refractivity contribution in [2.24, 2.45) is 11.3 Å². The molecule has 0 atom stereocenters. The monoisotopic (exact) mass is 262 g/mol. The van der Waals surface area contributed by atoms with E-state index in [1.807, 2.05) is 0 Å². The minimum atomic E-state index is 0.549. The van der Waals surface area contributed by atoms with E-state index >= 15 is 0 Å². The Bertz CT molecular complexity index is 150. The Morgan fingerprint density at radius 2 is 1.93 bits per heavy atom. The fraction of sp³-hybridized carbons (Fsp3) is 1.00. The summed E-state index contributed by atoms with van der Waals surface area (Å²) in [6.45, 7) is 6.55. The van der Waals surface area contributed by atoms with Crippen molar-refractivity contribution in [3.63, 3.8) is 0 Å². The van der Waals surface area contributed by atoms with Gasteiger partial charge in [0.05, 0.1) is 0 Å². The lowest BCUT2D eigenvalue weighted by Crippen LogP contribution is -2.31. The molecule has 1 nitrogen and oxygen atoms in total. The molecule has 1 aliphatic rings. The van der Waals surface area contributed by atoms with E-state index in [9.17, 15) is 0 Å². The Kier molecular flexibility index (Phi) is 5.47. The van der Waals surface area contributed by atoms with Crippen molar-refractivity contribution in [3.05, 3.63) is 0 Å². The Morgan fingerprint density at radius 1 is 1.29 bits per heavy atom. The summed E-state index contributed by atoms with van der Waals surface area (Å²) in [4.78, 5) is 0. The van der Waals surface area contributed by atoms with Crippen molar-refractivity contribution in [1.29, 1.82) is 0 Å². The van der Waals surface area contributed by atoms with Crippen molar-refractivity contribution in [3.8, 4) is 0 Å². The molecule has 0 aromatic rings. The van der Waals surface area contributed by atoms with Gasteiger partial charge in [-0.25, -0.2) is 0 Å². The van der Waals surface area contributed by atoms with Crippen LogP contribution in [-0.4, -0.2) is 18.5 Å². The summed E-state index contributed by atoms with van der Waals surface area (Å²) < 4.78 is 5.43. The van der Waals surface area contributed by atoms with Crippen LogP contribution in [0.3, 0.4) is 0 Å². The fourth-order valence-electron chi connectivity index (χ4n) is 2.14. The highest BCUT2D eigenvalue weighted by atomic mass is 79.9. The second-order valence-electron chi connectivity index (χ2n) is 5.03. The maximum Gasteiger partial charge on any atom is 0.0471 e. The molecule has 1 fully saturated rings. The molecule has 0 N–H and O–H groups in total. The maximum absolute atomic E-state index is 5.43. The van der Waals surface area contributed by atoms with Gasteiger partial charge in [-0.05, 0) is 30.6 Å². The lowest BCUT2D eigenvalue weighted by atomic mass is 9.77. The first-order chi connectivity index (χ1) is 6.68. The minimum Gasteiger partial charge on any atom is -0.381 e. The molecule has 0 radical (unpaired) electrons. The van der Waals surface area contributed by atoms with Crippen LogP contribution in [0, 0.1) is 11.3 Å². The third kappa shape index (κ3) is 3.90. The predicted molar refractivity (Wildman–Crippen MR) is 65.0 cm³/mol. The normalized spacial score (nSPS) is 21.4. The van der Waals surface area contributed by atoms with Gasteiger partial charge in [-0.15, -0.1) is 0 Å². The van der Waals surface area contributed by atoms with Gasteiger partial charge < -0.3 is 4.74 Å². The molecule has 2 heteroatoms. The number of rotatable bonds is 5. The van der Waals surface area contributed by atoms with Gasteiger partial charge in [-0.1, -0.05) is 42.6 Å². The van der Waals surface area contributed by atoms with Crippen molar-refractivity contribution < 1.29 is 4.74 Å². The van der Waals surface area contributed by atoms with Gasteiger partial charge in [-0.3, -0.25) is 0 Å². The van der Waals surface area contributed by atoms with Gasteiger partial charge in [0.2, 0.25) is 0 Å². The molecule has 0 saturated carbocycles. The highest BCUT2D eigenvalue weighted by Crippen LogP contribution is 2.37. The van der Waals surface area contributed by atoms with E-state index in [0.29, 0.717) is 5.41 Å². The highest BCUT2D eigenvalue weighted by molar-refractivity contribution is 9.09. The van der Waals surface area contributed by atoms with E-state index in [0.717, 1.165) is 24.5 Å². The summed E-state index contributed by atoms with van der Waals surface area (Å²) in [5.41, 5.74) is 0.549. The SMILES string of the molecule is CC(C)CCCC1(CBr)CCOCC1. The van der Waals surface area contributed by atoms with Crippen LogP contribution >= 0.6 is 15.9 Å². The molecule has 0 amide bonds. The first-order valence-corrected chi connectivity index (χ1v) is 6.94. The van der Waals surface area contributed by atoms with Crippen LogP contribution in [0.25, 0.3) is 0 Å². The fourth-order valence-corrected chi connectivity index (χ4v) is 2.98. The van der Waals surface area contributed by atoms with Crippen LogP contribution in [0.15, 0.2) is 0 Å². The molecule has 0 aromatic carbocycles. The van der Waals surface area contributed by atoms with Gasteiger partial charge >= 0.3 is 0 Å². The summed E-state index contributed by atoms with van der Waals surface area (Å²) in [5.74, 6) is 0.849. The van der Waals surface area contributed by atoms with Gasteiger partial charge in [0.1, 0.15) is 0 Å². The molecule has 0 bridgehead atoms. The third-order valence-corrected chi connectivity index (χ3v) is 4.52. The van der Waals surface area contributed by atoms with Crippen LogP contribution in [0.2, 0.25) is 0 Å². The van der Waals surface area contributed by atoms with Crippen LogP contribution in [0.5, 0.6) is 0 Å². The van der Waals surface area contributed by atoms with E-state index in [4.69, 9.17) is 4.74 Å². The Morgan fingerprint density at radius 3 is 2.43 bits per heavy atom. The highest BCUT2D eigenvalue weighted by Gasteiger charge is 2.30. The van der Waals surface area contributed by atoms with Crippen molar-refractivity contribution in [2.45, 2.75) is 46.0 Å². The van der Waals surface area contributed by atoms with Crippen LogP contribution in [-0.2, 0) is 4.74 Å². The number of hydrogen-bond acceptors (Lipinski definition) is 1. The summed E-state index contributed by atoms with van der Waals surface area (Å²) in [7, 11) is 0. The minimum absolute atomic E-state index is 0.549. The summed E-state index contributed by atoms with van der Waals surface area (Å²) in [5, 5.41) is 1.15. The molecular weight excluding hydrogens is 240 g/mol. The molecule has 0 spiro atoms. The zero-order valence-electron chi connectivity index (χ0n) is 9.52. The maximum atomic E-state index is 5.43. The first kappa shape index (κ1) is 12.5. The predicted octanol–water partition coefficient (Wildman–Crippen LogP) is 4.00. The molecule has 0 unspecified atom stereocenters. The van der Waals surface area contributed by atoms with E-state index in [1.165, 1.54) is 32.1 Å². The van der Waals surface area contributed by atoms with E-state index in [1.54, 1.807) is 0 Å². The molecular formula is C12H23BrO. The van der Waals surface area contributed by atoms with Gasteiger partial charge in [0.15, 0.2) is 0 Å². The molecule has 0 aromatic heterocycles. The third-order valence-electron chi connectivity index (χ3n) is 3.33. The van der Waals surface area contributed by atoms with E-state index in [-0.39, 0.29) is 0 Å². The molecule has 0 aliphatic carbocycles. The summed E-state index contributed by atoms with van der Waals surface area (Å²) in [6.07, 6.45) is 6.62. The summed E-state index contributed by atoms with van der Waals surface area (Å²) >= 11 is 3.68. The van der Waals surface area contributed by atoms with Gasteiger partial charge in [0, 0.05) is 18.5 Å². The van der Waals surface area contributed by atoms with Crippen molar-refractivity contribution in [2.75, 3.05) is 18.5 Å². The lowest BCUT2D eigenvalue weighted by molar-refractivity contribution is 0.0213. The van der Waals surface area contributed by atoms with Crippen molar-refractivity contribution in [1.82, 2.24) is 0 Å². The number of halogens is 1. The zero-order chi connectivity index (χ0) is 10.4. The molecule has 1 saturated heterocycles. The number of ether oxygens (including phenoxy) is 1. The molecule has 1 rings (SSSR count). The average Bonchev–Trinajstić information content (AvgIpc) is 2.19. The van der Waals surface area contributed by atoms with Gasteiger partial charge in [-0.2, -0.15) is 0 Å². The average molecular weight is 263 g/mol. The van der Waals surface area contributed by atoms with Crippen LogP contribution in [0.1, 0.15) is 46.0 Å². The number of hydrogen-bond donors (Lipinski definition) is 0. The second-order valence-corrected chi connectivity index (χ2v) is 5.59. The topological polar surface area (TPSA) is 9.23 Å². The Balaban J connectivity index is 2.29. The molecule has 84 valence electrons. The molecule has 14 heavy (non-hydrogen) atoms. The molecule has 1 heterocycles. The quantitative estimate of drug-likeness (QED) is 0.681. The van der Waals surface area contributed by atoms with Crippen LogP contribution in [0.4, 0.5) is 0 Å². The van der Waals surface area contributed by atoms with E-state index < -0.39 is 0 Å². The van der Waals surface area contributed by atoms with Crippen molar-refractivity contribution >= 4 is 15.9 Å². The largest absolute Gasteiger partial charge is 0.381 e. The Labute approximate surface area is 96.7 Å². The lowest BCUT2D eigenvalue weighted by Gasteiger charge is -2.36. The Hall–Kier alpha value is 0.440. The van der Waals surface area contributed by atoms with Gasteiger partial charge in [0.25, 0.3) is 0 Å². The smallest absolute Gasteiger partial charge is 0.0471 e. The van der Waals surface area contributed by atoms with E-state index in [2.05, 4.69) is 29.8 Å². The molecule has 1 aliphatic heterocycles.